The predicted molar refractivity (Wildman–Crippen MR) is 148 cm³/mol. The number of amides is 1. The lowest BCUT2D eigenvalue weighted by Crippen LogP contribution is -2.59. The van der Waals surface area contributed by atoms with E-state index in [9.17, 15) is 18.3 Å². The minimum absolute atomic E-state index is 0.0413. The summed E-state index contributed by atoms with van der Waals surface area (Å²) in [5.41, 5.74) is 1.75. The zero-order chi connectivity index (χ0) is 27.2. The summed E-state index contributed by atoms with van der Waals surface area (Å²) in [5, 5.41) is 15.8. The van der Waals surface area contributed by atoms with Crippen molar-refractivity contribution in [3.05, 3.63) is 48.0 Å². The number of nitrogens with one attached hydrogen (secondary N) is 3. The van der Waals surface area contributed by atoms with Crippen LogP contribution in [-0.2, 0) is 14.8 Å². The molecule has 2 aliphatic heterocycles. The molecule has 1 amide bonds. The molecule has 10 heteroatoms. The summed E-state index contributed by atoms with van der Waals surface area (Å²) in [6.07, 6.45) is 4.61. The molecule has 5 rings (SSSR count). The molecule has 2 aromatic carbocycles. The second-order valence-electron chi connectivity index (χ2n) is 12.0. The van der Waals surface area contributed by atoms with E-state index in [4.69, 9.17) is 4.74 Å². The van der Waals surface area contributed by atoms with E-state index in [2.05, 4.69) is 20.3 Å². The lowest BCUT2D eigenvalue weighted by atomic mass is 9.93. The standard InChI is InChI=1S/C28H38N4O5S/c1-26(2,17-33)30-21-6-4-5-20(15-21)29-25(34)23-8-7-22(38(35,36)31-27(3)18-37-19-27)16-24(23)32-13-11-28(9-10-28)12-14-32/h4-8,15-16,30-31,33H,9-14,17-19H2,1-3H3,(H,29,34). The first-order valence-electron chi connectivity index (χ1n) is 13.2. The Kier molecular flexibility index (Phi) is 6.96. The monoisotopic (exact) mass is 542 g/mol. The maximum atomic E-state index is 13.5. The highest BCUT2D eigenvalue weighted by molar-refractivity contribution is 7.89. The Morgan fingerprint density at radius 1 is 1.05 bits per heavy atom. The molecule has 38 heavy (non-hydrogen) atoms. The summed E-state index contributed by atoms with van der Waals surface area (Å²) in [5.74, 6) is -0.304. The number of rotatable bonds is 9. The molecule has 9 nitrogen and oxygen atoms in total. The number of aliphatic hydroxyl groups is 1. The van der Waals surface area contributed by atoms with E-state index < -0.39 is 21.1 Å². The first-order valence-corrected chi connectivity index (χ1v) is 14.7. The first-order chi connectivity index (χ1) is 17.9. The van der Waals surface area contributed by atoms with Gasteiger partial charge in [-0.2, -0.15) is 0 Å². The molecule has 0 atom stereocenters. The molecular weight excluding hydrogens is 504 g/mol. The largest absolute Gasteiger partial charge is 0.394 e. The third-order valence-corrected chi connectivity index (χ3v) is 9.50. The zero-order valence-electron chi connectivity index (χ0n) is 22.3. The number of piperidine rings is 1. The van der Waals surface area contributed by atoms with Crippen LogP contribution < -0.4 is 20.3 Å². The highest BCUT2D eigenvalue weighted by atomic mass is 32.2. The molecule has 0 unspecified atom stereocenters. The normalized spacial score (nSPS) is 20.1. The quantitative estimate of drug-likeness (QED) is 0.382. The Morgan fingerprint density at radius 2 is 1.74 bits per heavy atom. The van der Waals surface area contributed by atoms with Gasteiger partial charge in [0.2, 0.25) is 10.0 Å². The Bertz CT molecular complexity index is 1310. The number of ether oxygens (including phenoxy) is 1. The molecule has 2 heterocycles. The van der Waals surface area contributed by atoms with Gasteiger partial charge in [-0.3, -0.25) is 4.79 Å². The smallest absolute Gasteiger partial charge is 0.257 e. The Morgan fingerprint density at radius 3 is 2.34 bits per heavy atom. The summed E-state index contributed by atoms with van der Waals surface area (Å²) in [6.45, 7) is 7.79. The maximum Gasteiger partial charge on any atom is 0.257 e. The van der Waals surface area contributed by atoms with Crippen molar-refractivity contribution in [1.29, 1.82) is 0 Å². The number of anilines is 3. The van der Waals surface area contributed by atoms with Gasteiger partial charge in [-0.15, -0.1) is 0 Å². The van der Waals surface area contributed by atoms with Crippen LogP contribution in [0.5, 0.6) is 0 Å². The topological polar surface area (TPSA) is 120 Å². The SMILES string of the molecule is CC(C)(CO)Nc1cccc(NC(=O)c2ccc(S(=O)(=O)NC3(C)COC3)cc2N2CCC3(CC2)CC3)c1. The van der Waals surface area contributed by atoms with Crippen LogP contribution in [0.4, 0.5) is 17.1 Å². The molecule has 2 saturated heterocycles. The third kappa shape index (κ3) is 5.83. The average molecular weight is 543 g/mol. The molecule has 4 N–H and O–H groups in total. The van der Waals surface area contributed by atoms with Gasteiger partial charge in [0.25, 0.3) is 5.91 Å². The lowest BCUT2D eigenvalue weighted by molar-refractivity contribution is -0.0523. The van der Waals surface area contributed by atoms with Gasteiger partial charge in [0.15, 0.2) is 0 Å². The van der Waals surface area contributed by atoms with Crippen molar-refractivity contribution >= 4 is 33.0 Å². The van der Waals surface area contributed by atoms with Gasteiger partial charge in [0, 0.05) is 24.5 Å². The van der Waals surface area contributed by atoms with Gasteiger partial charge in [-0.25, -0.2) is 13.1 Å². The van der Waals surface area contributed by atoms with Crippen molar-refractivity contribution < 1.29 is 23.1 Å². The van der Waals surface area contributed by atoms with Crippen molar-refractivity contribution in [2.75, 3.05) is 48.4 Å². The number of carbonyl (C=O) groups is 1. The second kappa shape index (κ2) is 9.82. The number of carbonyl (C=O) groups excluding carboxylic acids is 1. The number of sulfonamides is 1. The summed E-state index contributed by atoms with van der Waals surface area (Å²) in [7, 11) is -3.79. The van der Waals surface area contributed by atoms with Gasteiger partial charge in [0.05, 0.1) is 47.0 Å². The molecule has 3 fully saturated rings. The van der Waals surface area contributed by atoms with Crippen LogP contribution in [0.25, 0.3) is 0 Å². The summed E-state index contributed by atoms with van der Waals surface area (Å²) < 4.78 is 34.4. The van der Waals surface area contributed by atoms with Gasteiger partial charge in [0.1, 0.15) is 0 Å². The van der Waals surface area contributed by atoms with Gasteiger partial charge in [-0.05, 0) is 88.3 Å². The van der Waals surface area contributed by atoms with Gasteiger partial charge < -0.3 is 25.4 Å². The van der Waals surface area contributed by atoms with Crippen LogP contribution in [0.15, 0.2) is 47.4 Å². The molecule has 0 radical (unpaired) electrons. The number of hydrogen-bond acceptors (Lipinski definition) is 7. The summed E-state index contributed by atoms with van der Waals surface area (Å²) in [6, 6.07) is 12.1. The fraction of sp³-hybridized carbons (Fsp3) is 0.536. The molecule has 206 valence electrons. The Hall–Kier alpha value is -2.66. The van der Waals surface area contributed by atoms with Crippen LogP contribution >= 0.6 is 0 Å². The highest BCUT2D eigenvalue weighted by Gasteiger charge is 2.45. The van der Waals surface area contributed by atoms with E-state index in [1.54, 1.807) is 18.2 Å². The van der Waals surface area contributed by atoms with E-state index in [0.717, 1.165) is 31.6 Å². The molecular formula is C28H38N4O5S. The number of benzene rings is 2. The van der Waals surface area contributed by atoms with E-state index in [1.165, 1.54) is 18.9 Å². The third-order valence-electron chi connectivity index (χ3n) is 7.87. The molecule has 1 spiro atoms. The summed E-state index contributed by atoms with van der Waals surface area (Å²) in [4.78, 5) is 15.8. The van der Waals surface area contributed by atoms with Crippen LogP contribution in [0, 0.1) is 5.41 Å². The lowest BCUT2D eigenvalue weighted by Gasteiger charge is -2.38. The van der Waals surface area contributed by atoms with Crippen molar-refractivity contribution in [2.24, 2.45) is 5.41 Å². The van der Waals surface area contributed by atoms with E-state index in [0.29, 0.717) is 35.6 Å². The second-order valence-corrected chi connectivity index (χ2v) is 13.7. The van der Waals surface area contributed by atoms with Crippen LogP contribution in [0.1, 0.15) is 56.8 Å². The van der Waals surface area contributed by atoms with E-state index in [-0.39, 0.29) is 17.4 Å². The molecule has 2 aromatic rings. The maximum absolute atomic E-state index is 13.5. The average Bonchev–Trinajstić information content (AvgIpc) is 3.61. The van der Waals surface area contributed by atoms with Crippen LogP contribution in [0.3, 0.4) is 0 Å². The van der Waals surface area contributed by atoms with Crippen molar-refractivity contribution in [1.82, 2.24) is 4.72 Å². The molecule has 0 aromatic heterocycles. The van der Waals surface area contributed by atoms with E-state index in [1.807, 2.05) is 39.0 Å². The number of hydrogen-bond donors (Lipinski definition) is 4. The highest BCUT2D eigenvalue weighted by Crippen LogP contribution is 2.54. The van der Waals surface area contributed by atoms with Gasteiger partial charge in [-0.1, -0.05) is 6.07 Å². The minimum Gasteiger partial charge on any atom is -0.394 e. The Balaban J connectivity index is 1.41. The predicted octanol–water partition coefficient (Wildman–Crippen LogP) is 3.57. The Labute approximate surface area is 225 Å². The summed E-state index contributed by atoms with van der Waals surface area (Å²) >= 11 is 0. The number of aliphatic hydroxyl groups excluding tert-OH is 1. The molecule has 1 aliphatic carbocycles. The van der Waals surface area contributed by atoms with Crippen molar-refractivity contribution in [3.8, 4) is 0 Å². The first kappa shape index (κ1) is 26.9. The van der Waals surface area contributed by atoms with E-state index >= 15 is 0 Å². The van der Waals surface area contributed by atoms with Gasteiger partial charge >= 0.3 is 0 Å². The van der Waals surface area contributed by atoms with Crippen molar-refractivity contribution in [3.63, 3.8) is 0 Å². The fourth-order valence-electron chi connectivity index (χ4n) is 5.18. The van der Waals surface area contributed by atoms with Crippen LogP contribution in [-0.4, -0.2) is 63.4 Å². The zero-order valence-corrected chi connectivity index (χ0v) is 23.2. The number of nitrogens with zero attached hydrogens (tertiary/aromatic N) is 1. The molecule has 3 aliphatic rings. The minimum atomic E-state index is -3.79. The fourth-order valence-corrected chi connectivity index (χ4v) is 6.58. The molecule has 0 bridgehead atoms. The van der Waals surface area contributed by atoms with Crippen LogP contribution in [0.2, 0.25) is 0 Å². The molecule has 1 saturated carbocycles. The van der Waals surface area contributed by atoms with Crippen molar-refractivity contribution in [2.45, 2.75) is 62.4 Å².